The third kappa shape index (κ3) is 10.9. The first-order chi connectivity index (χ1) is 20.3. The molecule has 0 saturated heterocycles. The lowest BCUT2D eigenvalue weighted by Gasteiger charge is -2.22. The van der Waals surface area contributed by atoms with Crippen LogP contribution in [0.5, 0.6) is 5.75 Å². The smallest absolute Gasteiger partial charge is 0.240 e. The van der Waals surface area contributed by atoms with Gasteiger partial charge in [0.2, 0.25) is 22.3 Å². The molecule has 4 rings (SSSR count). The number of sulfonamides is 1. The molecule has 3 N–H and O–H groups in total. The summed E-state index contributed by atoms with van der Waals surface area (Å²) in [5.74, 6) is 0.724. The molecule has 42 heavy (non-hydrogen) atoms. The first-order valence-electron chi connectivity index (χ1n) is 14.6. The highest BCUT2D eigenvalue weighted by molar-refractivity contribution is 7.89. The fourth-order valence-electron chi connectivity index (χ4n) is 4.86. The number of rotatable bonds is 13. The summed E-state index contributed by atoms with van der Waals surface area (Å²) < 4.78 is 33.0. The predicted octanol–water partition coefficient (Wildman–Crippen LogP) is 5.23. The van der Waals surface area contributed by atoms with Gasteiger partial charge in [0.1, 0.15) is 5.75 Å². The minimum Gasteiger partial charge on any atom is -0.494 e. The SMILES string of the molecule is CCOc1ccc(S(=O)(=O)NC2CCCCC2)cc1C.O=CNC(CNC(=O)CCc1ccccc1)c1ccccc1. The molecule has 0 aromatic heterocycles. The standard InChI is InChI=1S/C18H20N2O2.C15H23NO3S/c21-14-20-17(16-9-5-2-6-10-16)13-19-18(22)12-11-15-7-3-1-4-8-15;1-3-19-15-10-9-14(11-12(15)2)20(17,18)16-13-7-5-4-6-8-13/h1-10,14,17H,11-13H2,(H,19,22)(H,20,21);9-11,13,16H,3-8H2,1-2H3. The maximum absolute atomic E-state index is 12.4. The van der Waals surface area contributed by atoms with E-state index in [0.29, 0.717) is 37.3 Å². The number of carbonyl (C=O) groups excluding carboxylic acids is 2. The van der Waals surface area contributed by atoms with E-state index in [1.165, 1.54) is 6.42 Å². The first kappa shape index (κ1) is 32.8. The van der Waals surface area contributed by atoms with Crippen LogP contribution in [0.4, 0.5) is 0 Å². The van der Waals surface area contributed by atoms with Gasteiger partial charge in [0, 0.05) is 19.0 Å². The van der Waals surface area contributed by atoms with Crippen LogP contribution in [0.2, 0.25) is 0 Å². The Morgan fingerprint density at radius 3 is 2.26 bits per heavy atom. The number of nitrogens with one attached hydrogen (secondary N) is 3. The Morgan fingerprint density at radius 1 is 0.976 bits per heavy atom. The zero-order chi connectivity index (χ0) is 30.2. The molecular weight excluding hydrogens is 550 g/mol. The lowest BCUT2D eigenvalue weighted by Crippen LogP contribution is -2.36. The highest BCUT2D eigenvalue weighted by Gasteiger charge is 2.22. The molecule has 0 radical (unpaired) electrons. The fourth-order valence-corrected chi connectivity index (χ4v) is 6.25. The number of benzene rings is 3. The fraction of sp³-hybridized carbons (Fsp3) is 0.394. The highest BCUT2D eigenvalue weighted by Crippen LogP contribution is 2.24. The third-order valence-electron chi connectivity index (χ3n) is 7.14. The molecular formula is C33H43N3O5S. The van der Waals surface area contributed by atoms with Gasteiger partial charge in [0.05, 0.1) is 17.5 Å². The first-order valence-corrected chi connectivity index (χ1v) is 16.1. The maximum Gasteiger partial charge on any atom is 0.240 e. The van der Waals surface area contributed by atoms with Crippen LogP contribution in [0.25, 0.3) is 0 Å². The number of carbonyl (C=O) groups is 2. The minimum atomic E-state index is -3.42. The summed E-state index contributed by atoms with van der Waals surface area (Å²) in [6, 6.07) is 24.4. The molecule has 1 unspecified atom stereocenters. The van der Waals surface area contributed by atoms with Crippen molar-refractivity contribution in [3.63, 3.8) is 0 Å². The highest BCUT2D eigenvalue weighted by atomic mass is 32.2. The molecule has 1 aliphatic rings. The van der Waals surface area contributed by atoms with Gasteiger partial charge in [-0.15, -0.1) is 0 Å². The van der Waals surface area contributed by atoms with Crippen LogP contribution in [0.15, 0.2) is 83.8 Å². The summed E-state index contributed by atoms with van der Waals surface area (Å²) in [7, 11) is -3.42. The van der Waals surface area contributed by atoms with Gasteiger partial charge in [-0.1, -0.05) is 79.9 Å². The van der Waals surface area contributed by atoms with E-state index in [1.54, 1.807) is 18.2 Å². The van der Waals surface area contributed by atoms with Crippen molar-refractivity contribution >= 4 is 22.3 Å². The quantitative estimate of drug-likeness (QED) is 0.235. The van der Waals surface area contributed by atoms with Crippen molar-refractivity contribution in [1.82, 2.24) is 15.4 Å². The van der Waals surface area contributed by atoms with Gasteiger partial charge in [0.15, 0.2) is 0 Å². The zero-order valence-electron chi connectivity index (χ0n) is 24.6. The van der Waals surface area contributed by atoms with E-state index in [9.17, 15) is 18.0 Å². The number of aryl methyl sites for hydroxylation is 2. The van der Waals surface area contributed by atoms with Crippen LogP contribution in [-0.2, 0) is 26.0 Å². The van der Waals surface area contributed by atoms with E-state index < -0.39 is 10.0 Å². The molecule has 8 nitrogen and oxygen atoms in total. The van der Waals surface area contributed by atoms with Gasteiger partial charge in [-0.25, -0.2) is 13.1 Å². The van der Waals surface area contributed by atoms with Gasteiger partial charge >= 0.3 is 0 Å². The lowest BCUT2D eigenvalue weighted by atomic mass is 9.96. The number of hydrogen-bond donors (Lipinski definition) is 3. The van der Waals surface area contributed by atoms with Crippen molar-refractivity contribution in [2.45, 2.75) is 75.8 Å². The van der Waals surface area contributed by atoms with Crippen molar-refractivity contribution in [1.29, 1.82) is 0 Å². The van der Waals surface area contributed by atoms with E-state index in [1.807, 2.05) is 74.5 Å². The lowest BCUT2D eigenvalue weighted by molar-refractivity contribution is -0.121. The van der Waals surface area contributed by atoms with Crippen molar-refractivity contribution in [2.24, 2.45) is 0 Å². The third-order valence-corrected chi connectivity index (χ3v) is 8.66. The Morgan fingerprint density at radius 2 is 1.64 bits per heavy atom. The van der Waals surface area contributed by atoms with Gasteiger partial charge in [-0.05, 0) is 68.0 Å². The summed E-state index contributed by atoms with van der Waals surface area (Å²) >= 11 is 0. The largest absolute Gasteiger partial charge is 0.494 e. The molecule has 1 fully saturated rings. The van der Waals surface area contributed by atoms with E-state index in [-0.39, 0.29) is 18.0 Å². The Labute approximate surface area is 250 Å². The van der Waals surface area contributed by atoms with Crippen LogP contribution >= 0.6 is 0 Å². The van der Waals surface area contributed by atoms with E-state index >= 15 is 0 Å². The summed E-state index contributed by atoms with van der Waals surface area (Å²) in [5.41, 5.74) is 2.96. The molecule has 0 spiro atoms. The second-order valence-corrected chi connectivity index (χ2v) is 12.1. The number of hydrogen-bond acceptors (Lipinski definition) is 5. The molecule has 3 aromatic carbocycles. The molecule has 1 atom stereocenters. The average Bonchev–Trinajstić information content (AvgIpc) is 3.01. The second kappa shape index (κ2) is 17.3. The molecule has 3 aromatic rings. The van der Waals surface area contributed by atoms with E-state index in [0.717, 1.165) is 48.1 Å². The zero-order valence-corrected chi connectivity index (χ0v) is 25.4. The molecule has 226 valence electrons. The number of amides is 2. The Balaban J connectivity index is 0.000000231. The van der Waals surface area contributed by atoms with Crippen LogP contribution in [0, 0.1) is 6.92 Å². The molecule has 0 aliphatic heterocycles. The van der Waals surface area contributed by atoms with Gasteiger partial charge in [-0.3, -0.25) is 9.59 Å². The summed E-state index contributed by atoms with van der Waals surface area (Å²) in [5, 5.41) is 5.61. The second-order valence-electron chi connectivity index (χ2n) is 10.4. The monoisotopic (exact) mass is 593 g/mol. The summed E-state index contributed by atoms with van der Waals surface area (Å²) in [6.45, 7) is 4.74. The normalized spacial score (nSPS) is 14.1. The van der Waals surface area contributed by atoms with Crippen LogP contribution < -0.4 is 20.1 Å². The topological polar surface area (TPSA) is 114 Å². The van der Waals surface area contributed by atoms with Gasteiger partial charge in [-0.2, -0.15) is 0 Å². The molecule has 1 aliphatic carbocycles. The van der Waals surface area contributed by atoms with Crippen LogP contribution in [0.3, 0.4) is 0 Å². The van der Waals surface area contributed by atoms with Gasteiger partial charge in [0.25, 0.3) is 0 Å². The van der Waals surface area contributed by atoms with Crippen LogP contribution in [-0.4, -0.2) is 39.9 Å². The molecule has 2 amide bonds. The molecule has 1 saturated carbocycles. The Bertz CT molecular complexity index is 1340. The molecule has 0 bridgehead atoms. The Kier molecular flexibility index (Phi) is 13.5. The molecule has 0 heterocycles. The maximum atomic E-state index is 12.4. The van der Waals surface area contributed by atoms with Crippen molar-refractivity contribution < 1.29 is 22.7 Å². The van der Waals surface area contributed by atoms with Crippen molar-refractivity contribution in [3.8, 4) is 5.75 Å². The Hall–Kier alpha value is -3.69. The summed E-state index contributed by atoms with van der Waals surface area (Å²) in [6.07, 6.45) is 7.11. The van der Waals surface area contributed by atoms with Crippen molar-refractivity contribution in [3.05, 3.63) is 95.6 Å². The van der Waals surface area contributed by atoms with E-state index in [2.05, 4.69) is 15.4 Å². The predicted molar refractivity (Wildman–Crippen MR) is 166 cm³/mol. The number of ether oxygens (including phenoxy) is 1. The van der Waals surface area contributed by atoms with Gasteiger partial charge < -0.3 is 15.4 Å². The summed E-state index contributed by atoms with van der Waals surface area (Å²) in [4.78, 5) is 23.0. The average molecular weight is 594 g/mol. The van der Waals surface area contributed by atoms with E-state index in [4.69, 9.17) is 4.74 Å². The van der Waals surface area contributed by atoms with Crippen LogP contribution in [0.1, 0.15) is 68.2 Å². The minimum absolute atomic E-state index is 0.0162. The molecule has 9 heteroatoms. The van der Waals surface area contributed by atoms with Crippen molar-refractivity contribution in [2.75, 3.05) is 13.2 Å².